The average molecular weight is 421 g/mol. The second kappa shape index (κ2) is 14.2. The normalized spacial score (nSPS) is 12.7. The number of benzene rings is 1. The number of hydrogen-bond acceptors (Lipinski definition) is 3. The number of rotatable bonds is 13. The van der Waals surface area contributed by atoms with Gasteiger partial charge < -0.3 is 10.1 Å². The minimum absolute atomic E-state index is 0.0484. The molecule has 0 spiro atoms. The summed E-state index contributed by atoms with van der Waals surface area (Å²) in [6.07, 6.45) is 16.7. The van der Waals surface area contributed by atoms with E-state index in [1.807, 2.05) is 30.5 Å². The fraction of sp³-hybridized carbons (Fsp3) is 0.407. The van der Waals surface area contributed by atoms with Crippen LogP contribution in [0.3, 0.4) is 0 Å². The van der Waals surface area contributed by atoms with Gasteiger partial charge in [-0.25, -0.2) is 0 Å². The highest BCUT2D eigenvalue weighted by Gasteiger charge is 2.05. The summed E-state index contributed by atoms with van der Waals surface area (Å²) < 4.78 is 5.26. The highest BCUT2D eigenvalue weighted by molar-refractivity contribution is 5.88. The third-order valence-electron chi connectivity index (χ3n) is 5.27. The van der Waals surface area contributed by atoms with Gasteiger partial charge in [-0.3, -0.25) is 9.78 Å². The molecule has 0 fully saturated rings. The Hall–Kier alpha value is -2.88. The standard InChI is InChI=1S/C27H36N2O2/c1-4-5-6-13-24(25-16-18-26(31-3)19-17-25)14-8-15-27(30)29-22(2)10-7-11-23-12-9-20-28-21-23/h8-9,12,14-22H,4-7,10-11,13H2,1-3H3,(H,29,30)/t22-/m0/s1. The van der Waals surface area contributed by atoms with Gasteiger partial charge in [-0.05, 0) is 73.9 Å². The number of carbonyl (C=O) groups excluding carboxylic acids is 1. The number of ether oxygens (including phenoxy) is 1. The van der Waals surface area contributed by atoms with Crippen molar-refractivity contribution in [1.82, 2.24) is 10.3 Å². The molecular weight excluding hydrogens is 384 g/mol. The van der Waals surface area contributed by atoms with E-state index in [1.54, 1.807) is 19.4 Å². The number of aromatic nitrogens is 1. The molecule has 0 saturated carbocycles. The molecule has 0 unspecified atom stereocenters. The Morgan fingerprint density at radius 1 is 1.16 bits per heavy atom. The molecule has 31 heavy (non-hydrogen) atoms. The largest absolute Gasteiger partial charge is 0.497 e. The molecular formula is C27H36N2O2. The summed E-state index contributed by atoms with van der Waals surface area (Å²) in [4.78, 5) is 16.4. The molecule has 1 N–H and O–H groups in total. The fourth-order valence-electron chi connectivity index (χ4n) is 3.47. The zero-order valence-corrected chi connectivity index (χ0v) is 19.1. The van der Waals surface area contributed by atoms with E-state index in [-0.39, 0.29) is 11.9 Å². The fourth-order valence-corrected chi connectivity index (χ4v) is 3.47. The number of carbonyl (C=O) groups is 1. The molecule has 0 aliphatic rings. The van der Waals surface area contributed by atoms with Gasteiger partial charge in [0.25, 0.3) is 0 Å². The molecule has 1 amide bonds. The molecule has 0 aliphatic carbocycles. The van der Waals surface area contributed by atoms with Crippen molar-refractivity contribution in [2.75, 3.05) is 7.11 Å². The van der Waals surface area contributed by atoms with Gasteiger partial charge in [-0.1, -0.05) is 50.1 Å². The first kappa shape index (κ1) is 24.4. The van der Waals surface area contributed by atoms with Crippen LogP contribution in [0.25, 0.3) is 5.57 Å². The van der Waals surface area contributed by atoms with Crippen LogP contribution >= 0.6 is 0 Å². The van der Waals surface area contributed by atoms with Crippen LogP contribution in [0.5, 0.6) is 5.75 Å². The molecule has 166 valence electrons. The van der Waals surface area contributed by atoms with Gasteiger partial charge in [0, 0.05) is 24.5 Å². The van der Waals surface area contributed by atoms with Crippen LogP contribution in [-0.4, -0.2) is 24.0 Å². The molecule has 0 radical (unpaired) electrons. The molecule has 4 heteroatoms. The van der Waals surface area contributed by atoms with Crippen molar-refractivity contribution < 1.29 is 9.53 Å². The lowest BCUT2D eigenvalue weighted by Gasteiger charge is -2.12. The van der Waals surface area contributed by atoms with Gasteiger partial charge in [-0.15, -0.1) is 0 Å². The molecule has 1 heterocycles. The second-order valence-corrected chi connectivity index (χ2v) is 7.90. The number of nitrogens with zero attached hydrogens (tertiary/aromatic N) is 1. The monoisotopic (exact) mass is 420 g/mol. The van der Waals surface area contributed by atoms with Crippen LogP contribution in [0, 0.1) is 0 Å². The van der Waals surface area contributed by atoms with Crippen LogP contribution < -0.4 is 10.1 Å². The average Bonchev–Trinajstić information content (AvgIpc) is 2.79. The Labute approximate surface area is 187 Å². The van der Waals surface area contributed by atoms with Gasteiger partial charge in [-0.2, -0.15) is 0 Å². The molecule has 2 aromatic rings. The lowest BCUT2D eigenvalue weighted by Crippen LogP contribution is -2.31. The van der Waals surface area contributed by atoms with E-state index in [0.717, 1.165) is 37.9 Å². The van der Waals surface area contributed by atoms with Crippen LogP contribution in [0.1, 0.15) is 63.5 Å². The van der Waals surface area contributed by atoms with Crippen molar-refractivity contribution in [3.63, 3.8) is 0 Å². The minimum Gasteiger partial charge on any atom is -0.497 e. The topological polar surface area (TPSA) is 51.2 Å². The SMILES string of the molecule is CCCCCC(=CC=CC(=O)N[C@@H](C)CCCc1cccnc1)c1ccc(OC)cc1. The van der Waals surface area contributed by atoms with Gasteiger partial charge in [0.15, 0.2) is 0 Å². The number of nitrogens with one attached hydrogen (secondary N) is 1. The quantitative estimate of drug-likeness (QED) is 0.241. The molecule has 4 nitrogen and oxygen atoms in total. The zero-order chi connectivity index (χ0) is 22.3. The van der Waals surface area contributed by atoms with E-state index >= 15 is 0 Å². The van der Waals surface area contributed by atoms with E-state index in [9.17, 15) is 4.79 Å². The van der Waals surface area contributed by atoms with Crippen LogP contribution in [0.4, 0.5) is 0 Å². The maximum atomic E-state index is 12.3. The lowest BCUT2D eigenvalue weighted by molar-refractivity contribution is -0.117. The summed E-state index contributed by atoms with van der Waals surface area (Å²) in [7, 11) is 1.67. The van der Waals surface area contributed by atoms with Crippen molar-refractivity contribution in [1.29, 1.82) is 0 Å². The van der Waals surface area contributed by atoms with E-state index < -0.39 is 0 Å². The van der Waals surface area contributed by atoms with E-state index in [0.29, 0.717) is 0 Å². The molecule has 1 atom stereocenters. The lowest BCUT2D eigenvalue weighted by atomic mass is 9.99. The zero-order valence-electron chi connectivity index (χ0n) is 19.1. The maximum absolute atomic E-state index is 12.3. The Kier molecular flexibility index (Phi) is 11.2. The van der Waals surface area contributed by atoms with Crippen LogP contribution in [0.15, 0.2) is 67.0 Å². The van der Waals surface area contributed by atoms with Crippen molar-refractivity contribution in [2.45, 2.75) is 64.8 Å². The van der Waals surface area contributed by atoms with E-state index in [2.05, 4.69) is 48.4 Å². The third-order valence-corrected chi connectivity index (χ3v) is 5.27. The maximum Gasteiger partial charge on any atom is 0.244 e. The van der Waals surface area contributed by atoms with Crippen LogP contribution in [-0.2, 0) is 11.2 Å². The summed E-state index contributed by atoms with van der Waals surface area (Å²) in [5, 5.41) is 3.06. The number of hydrogen-bond donors (Lipinski definition) is 1. The minimum atomic E-state index is -0.0484. The van der Waals surface area contributed by atoms with Crippen LogP contribution in [0.2, 0.25) is 0 Å². The van der Waals surface area contributed by atoms with E-state index in [1.165, 1.54) is 29.5 Å². The molecule has 2 rings (SSSR count). The predicted octanol–water partition coefficient (Wildman–Crippen LogP) is 6.14. The molecule has 0 bridgehead atoms. The first-order chi connectivity index (χ1) is 15.1. The van der Waals surface area contributed by atoms with Crippen molar-refractivity contribution in [2.24, 2.45) is 0 Å². The second-order valence-electron chi connectivity index (χ2n) is 7.90. The van der Waals surface area contributed by atoms with Gasteiger partial charge in [0.1, 0.15) is 5.75 Å². The Morgan fingerprint density at radius 3 is 2.65 bits per heavy atom. The summed E-state index contributed by atoms with van der Waals surface area (Å²) in [5.41, 5.74) is 3.65. The van der Waals surface area contributed by atoms with Crippen molar-refractivity contribution >= 4 is 11.5 Å². The molecule has 1 aromatic carbocycles. The Balaban J connectivity index is 1.86. The highest BCUT2D eigenvalue weighted by atomic mass is 16.5. The third kappa shape index (κ3) is 9.65. The summed E-state index contributed by atoms with van der Waals surface area (Å²) >= 11 is 0. The first-order valence-electron chi connectivity index (χ1n) is 11.3. The van der Waals surface area contributed by atoms with Crippen molar-refractivity contribution in [3.8, 4) is 5.75 Å². The number of pyridine rings is 1. The number of amides is 1. The predicted molar refractivity (Wildman–Crippen MR) is 129 cm³/mol. The van der Waals surface area contributed by atoms with Gasteiger partial charge in [0.05, 0.1) is 7.11 Å². The highest BCUT2D eigenvalue weighted by Crippen LogP contribution is 2.23. The summed E-state index contributed by atoms with van der Waals surface area (Å²) in [6.45, 7) is 4.26. The first-order valence-corrected chi connectivity index (χ1v) is 11.3. The molecule has 0 aliphatic heterocycles. The number of methoxy groups -OCH3 is 1. The van der Waals surface area contributed by atoms with Crippen molar-refractivity contribution in [3.05, 3.63) is 78.1 Å². The summed E-state index contributed by atoms with van der Waals surface area (Å²) in [6, 6.07) is 12.3. The Morgan fingerprint density at radius 2 is 1.97 bits per heavy atom. The number of allylic oxidation sites excluding steroid dienone is 3. The van der Waals surface area contributed by atoms with Gasteiger partial charge in [0.2, 0.25) is 5.91 Å². The van der Waals surface area contributed by atoms with Gasteiger partial charge >= 0.3 is 0 Å². The number of unbranched alkanes of at least 4 members (excludes halogenated alkanes) is 2. The Bertz CT molecular complexity index is 826. The summed E-state index contributed by atoms with van der Waals surface area (Å²) in [5.74, 6) is 0.803. The molecule has 1 aromatic heterocycles. The molecule has 0 saturated heterocycles. The smallest absolute Gasteiger partial charge is 0.244 e. The van der Waals surface area contributed by atoms with E-state index in [4.69, 9.17) is 4.74 Å². The number of aryl methyl sites for hydroxylation is 1.